The van der Waals surface area contributed by atoms with E-state index in [0.29, 0.717) is 6.54 Å². The molecule has 2 aromatic rings. The first-order valence-corrected chi connectivity index (χ1v) is 10.7. The lowest BCUT2D eigenvalue weighted by Crippen LogP contribution is -2.38. The Labute approximate surface area is 166 Å². The average molecular weight is 387 g/mol. The molecule has 1 aromatic heterocycles. The molecule has 0 saturated heterocycles. The molecule has 0 saturated carbocycles. The maximum absolute atomic E-state index is 6.17. The fraction of sp³-hybridized carbons (Fsp3) is 0.524. The van der Waals surface area contributed by atoms with Crippen LogP contribution in [0.15, 0.2) is 35.5 Å². The zero-order chi connectivity index (χ0) is 18.9. The third-order valence-electron chi connectivity index (χ3n) is 4.63. The normalized spacial score (nSPS) is 16.8. The van der Waals surface area contributed by atoms with Crippen LogP contribution in [-0.2, 0) is 17.7 Å². The van der Waals surface area contributed by atoms with Gasteiger partial charge in [0.2, 0.25) is 0 Å². The number of aryl methyl sites for hydroxylation is 2. The summed E-state index contributed by atoms with van der Waals surface area (Å²) in [6.07, 6.45) is 6.63. The fourth-order valence-electron chi connectivity index (χ4n) is 3.35. The second-order valence-electron chi connectivity index (χ2n) is 6.79. The summed E-state index contributed by atoms with van der Waals surface area (Å²) in [6.45, 7) is 7.21. The summed E-state index contributed by atoms with van der Waals surface area (Å²) in [5.74, 6) is 0.841. The van der Waals surface area contributed by atoms with Crippen molar-refractivity contribution in [1.82, 2.24) is 15.6 Å². The van der Waals surface area contributed by atoms with Gasteiger partial charge in [-0.1, -0.05) is 24.3 Å². The van der Waals surface area contributed by atoms with Crippen LogP contribution in [0.3, 0.4) is 0 Å². The highest BCUT2D eigenvalue weighted by atomic mass is 32.1. The van der Waals surface area contributed by atoms with Gasteiger partial charge in [-0.15, -0.1) is 11.3 Å². The molecule has 1 aliphatic rings. The van der Waals surface area contributed by atoms with Crippen LogP contribution < -0.4 is 10.6 Å². The van der Waals surface area contributed by atoms with Crippen LogP contribution in [0.4, 0.5) is 0 Å². The van der Waals surface area contributed by atoms with E-state index in [2.05, 4.69) is 58.7 Å². The Bertz CT molecular complexity index is 743. The molecule has 0 amide bonds. The van der Waals surface area contributed by atoms with Crippen molar-refractivity contribution >= 4 is 17.3 Å². The van der Waals surface area contributed by atoms with Gasteiger partial charge >= 0.3 is 0 Å². The van der Waals surface area contributed by atoms with E-state index < -0.39 is 0 Å². The summed E-state index contributed by atoms with van der Waals surface area (Å²) in [7, 11) is 0. The zero-order valence-corrected chi connectivity index (χ0v) is 17.1. The first kappa shape index (κ1) is 19.8. The van der Waals surface area contributed by atoms with Crippen molar-refractivity contribution in [2.24, 2.45) is 4.99 Å². The van der Waals surface area contributed by atoms with Crippen molar-refractivity contribution in [3.8, 4) is 0 Å². The Balaban J connectivity index is 1.40. The third-order valence-corrected chi connectivity index (χ3v) is 5.53. The van der Waals surface area contributed by atoms with Gasteiger partial charge in [0, 0.05) is 30.8 Å². The van der Waals surface area contributed by atoms with Crippen LogP contribution in [0.5, 0.6) is 0 Å². The maximum atomic E-state index is 6.17. The minimum Gasteiger partial charge on any atom is -0.373 e. The van der Waals surface area contributed by atoms with Gasteiger partial charge in [-0.2, -0.15) is 0 Å². The number of benzene rings is 1. The molecule has 1 aromatic carbocycles. The minimum atomic E-state index is 0.255. The highest BCUT2D eigenvalue weighted by molar-refractivity contribution is 7.11. The van der Waals surface area contributed by atoms with Crippen molar-refractivity contribution in [3.05, 3.63) is 51.5 Å². The van der Waals surface area contributed by atoms with Crippen molar-refractivity contribution in [3.63, 3.8) is 0 Å². The van der Waals surface area contributed by atoms with E-state index in [9.17, 15) is 0 Å². The smallest absolute Gasteiger partial charge is 0.191 e. The molecule has 0 spiro atoms. The van der Waals surface area contributed by atoms with Gasteiger partial charge in [0.15, 0.2) is 5.96 Å². The third kappa shape index (κ3) is 6.04. The molecule has 1 heterocycles. The number of rotatable bonds is 8. The number of hydrogen-bond donors (Lipinski definition) is 2. The van der Waals surface area contributed by atoms with E-state index in [1.165, 1.54) is 28.8 Å². The number of ether oxygens (including phenoxy) is 1. The summed E-state index contributed by atoms with van der Waals surface area (Å²) in [5.41, 5.74) is 2.83. The molecule has 146 valence electrons. The van der Waals surface area contributed by atoms with Crippen LogP contribution in [0.2, 0.25) is 0 Å². The Hall–Kier alpha value is -1.92. The summed E-state index contributed by atoms with van der Waals surface area (Å²) in [4.78, 5) is 10.2. The molecule has 27 heavy (non-hydrogen) atoms. The number of nitrogens with one attached hydrogen (secondary N) is 2. The van der Waals surface area contributed by atoms with Gasteiger partial charge < -0.3 is 15.4 Å². The maximum Gasteiger partial charge on any atom is 0.191 e. The molecule has 6 heteroatoms. The average Bonchev–Trinajstić information content (AvgIpc) is 3.11. The number of aliphatic imine (C=N–C) groups is 1. The summed E-state index contributed by atoms with van der Waals surface area (Å²) in [6, 6.07) is 8.69. The molecular weight excluding hydrogens is 356 g/mol. The number of nitrogens with zero attached hydrogens (tertiary/aromatic N) is 2. The lowest BCUT2D eigenvalue weighted by Gasteiger charge is -2.25. The topological polar surface area (TPSA) is 58.5 Å². The Morgan fingerprint density at radius 3 is 3.04 bits per heavy atom. The Morgan fingerprint density at radius 2 is 2.22 bits per heavy atom. The van der Waals surface area contributed by atoms with Gasteiger partial charge in [-0.3, -0.25) is 0 Å². The highest BCUT2D eigenvalue weighted by Gasteiger charge is 2.19. The van der Waals surface area contributed by atoms with Gasteiger partial charge in [-0.25, -0.2) is 9.98 Å². The number of thiazole rings is 1. The van der Waals surface area contributed by atoms with E-state index in [4.69, 9.17) is 4.74 Å². The molecule has 0 fully saturated rings. The molecule has 1 atom stereocenters. The van der Waals surface area contributed by atoms with E-state index in [-0.39, 0.29) is 6.10 Å². The molecular formula is C21H30N4OS. The summed E-state index contributed by atoms with van der Waals surface area (Å²) in [5, 5.41) is 7.72. The molecule has 0 radical (unpaired) electrons. The molecule has 0 aliphatic heterocycles. The van der Waals surface area contributed by atoms with E-state index in [0.717, 1.165) is 43.5 Å². The quantitative estimate of drug-likeness (QED) is 0.409. The van der Waals surface area contributed by atoms with Crippen LogP contribution >= 0.6 is 11.3 Å². The first-order chi connectivity index (χ1) is 13.3. The number of guanidine groups is 1. The SMILES string of the molecule is CCNC(=NCc1ncc(C)s1)NCCCOC1CCCc2ccccc21. The van der Waals surface area contributed by atoms with E-state index >= 15 is 0 Å². The fourth-order valence-corrected chi connectivity index (χ4v) is 4.06. The Morgan fingerprint density at radius 1 is 1.33 bits per heavy atom. The van der Waals surface area contributed by atoms with Gasteiger partial charge in [0.05, 0.1) is 12.6 Å². The van der Waals surface area contributed by atoms with Crippen LogP contribution in [0.25, 0.3) is 0 Å². The minimum absolute atomic E-state index is 0.255. The first-order valence-electron chi connectivity index (χ1n) is 9.89. The number of aromatic nitrogens is 1. The van der Waals surface area contributed by atoms with E-state index in [1.807, 2.05) is 6.20 Å². The monoisotopic (exact) mass is 386 g/mol. The highest BCUT2D eigenvalue weighted by Crippen LogP contribution is 2.32. The van der Waals surface area contributed by atoms with Crippen LogP contribution in [0, 0.1) is 6.92 Å². The summed E-state index contributed by atoms with van der Waals surface area (Å²) < 4.78 is 6.17. The van der Waals surface area contributed by atoms with Crippen molar-refractivity contribution in [2.45, 2.75) is 52.2 Å². The molecule has 5 nitrogen and oxygen atoms in total. The van der Waals surface area contributed by atoms with Crippen molar-refractivity contribution < 1.29 is 4.74 Å². The van der Waals surface area contributed by atoms with Crippen molar-refractivity contribution in [1.29, 1.82) is 0 Å². The van der Waals surface area contributed by atoms with Crippen LogP contribution in [0.1, 0.15) is 53.3 Å². The molecule has 0 bridgehead atoms. The van der Waals surface area contributed by atoms with Crippen LogP contribution in [-0.4, -0.2) is 30.6 Å². The second kappa shape index (κ2) is 10.4. The largest absolute Gasteiger partial charge is 0.373 e. The predicted octanol–water partition coefficient (Wildman–Crippen LogP) is 3.99. The lowest BCUT2D eigenvalue weighted by molar-refractivity contribution is 0.0398. The lowest BCUT2D eigenvalue weighted by atomic mass is 9.89. The standard InChI is InChI=1S/C21H30N4OS/c1-3-22-21(25-15-20-24-14-16(2)27-20)23-12-7-13-26-19-11-6-9-17-8-4-5-10-18(17)19/h4-5,8,10,14,19H,3,6-7,9,11-13,15H2,1-2H3,(H2,22,23,25). The van der Waals surface area contributed by atoms with Gasteiger partial charge in [-0.05, 0) is 50.7 Å². The molecule has 1 aliphatic carbocycles. The van der Waals surface area contributed by atoms with Gasteiger partial charge in [0.25, 0.3) is 0 Å². The van der Waals surface area contributed by atoms with E-state index in [1.54, 1.807) is 11.3 Å². The van der Waals surface area contributed by atoms with Gasteiger partial charge in [0.1, 0.15) is 5.01 Å². The Kier molecular flexibility index (Phi) is 7.66. The molecule has 2 N–H and O–H groups in total. The summed E-state index contributed by atoms with van der Waals surface area (Å²) >= 11 is 1.70. The predicted molar refractivity (Wildman–Crippen MR) is 112 cm³/mol. The number of fused-ring (bicyclic) bond motifs is 1. The number of hydrogen-bond acceptors (Lipinski definition) is 4. The second-order valence-corrected chi connectivity index (χ2v) is 8.11. The molecule has 3 rings (SSSR count). The van der Waals surface area contributed by atoms with Crippen molar-refractivity contribution in [2.75, 3.05) is 19.7 Å². The molecule has 1 unspecified atom stereocenters. The zero-order valence-electron chi connectivity index (χ0n) is 16.3.